The molecule has 0 spiro atoms. The number of aliphatic hydroxyl groups is 1. The van der Waals surface area contributed by atoms with E-state index < -0.39 is 0 Å². The van der Waals surface area contributed by atoms with E-state index in [2.05, 4.69) is 20.9 Å². The van der Waals surface area contributed by atoms with Gasteiger partial charge in [0.15, 0.2) is 0 Å². The van der Waals surface area contributed by atoms with Crippen LogP contribution >= 0.6 is 0 Å². The van der Waals surface area contributed by atoms with Crippen LogP contribution < -0.4 is 4.90 Å². The maximum absolute atomic E-state index is 9.91. The molecule has 1 aromatic heterocycles. The minimum atomic E-state index is -0.137. The SMILES string of the molecule is OC1CC2CCC(C1)N2c1ncnc2ccccc12. The molecule has 1 N–H and O–H groups in total. The predicted octanol–water partition coefficient (Wildman–Crippen LogP) is 2.12. The first kappa shape index (κ1) is 11.2. The summed E-state index contributed by atoms with van der Waals surface area (Å²) in [6.45, 7) is 0. The lowest BCUT2D eigenvalue weighted by Gasteiger charge is -2.38. The Kier molecular flexibility index (Phi) is 2.45. The summed E-state index contributed by atoms with van der Waals surface area (Å²) in [7, 11) is 0. The van der Waals surface area contributed by atoms with Crippen LogP contribution in [0, 0.1) is 0 Å². The van der Waals surface area contributed by atoms with Gasteiger partial charge in [0.1, 0.15) is 12.1 Å². The van der Waals surface area contributed by atoms with Crippen LogP contribution in [0.5, 0.6) is 0 Å². The molecule has 1 aromatic carbocycles. The van der Waals surface area contributed by atoms with Gasteiger partial charge in [0.25, 0.3) is 0 Å². The van der Waals surface area contributed by atoms with Gasteiger partial charge in [-0.25, -0.2) is 9.97 Å². The van der Waals surface area contributed by atoms with Crippen molar-refractivity contribution < 1.29 is 5.11 Å². The van der Waals surface area contributed by atoms with Crippen LogP contribution in [0.1, 0.15) is 25.7 Å². The van der Waals surface area contributed by atoms with E-state index >= 15 is 0 Å². The molecule has 2 atom stereocenters. The number of rotatable bonds is 1. The topological polar surface area (TPSA) is 49.2 Å². The van der Waals surface area contributed by atoms with Crippen LogP contribution in [0.2, 0.25) is 0 Å². The smallest absolute Gasteiger partial charge is 0.140 e. The van der Waals surface area contributed by atoms with E-state index in [0.717, 1.165) is 29.6 Å². The highest BCUT2D eigenvalue weighted by molar-refractivity contribution is 5.89. The Balaban J connectivity index is 1.83. The van der Waals surface area contributed by atoms with Gasteiger partial charge in [-0.1, -0.05) is 12.1 Å². The van der Waals surface area contributed by atoms with Crippen molar-refractivity contribution in [3.63, 3.8) is 0 Å². The molecule has 3 heterocycles. The molecule has 4 heteroatoms. The average Bonchev–Trinajstić information content (AvgIpc) is 2.70. The largest absolute Gasteiger partial charge is 0.393 e. The fourth-order valence-electron chi connectivity index (χ4n) is 3.69. The Morgan fingerprint density at radius 1 is 1.05 bits per heavy atom. The molecule has 2 unspecified atom stereocenters. The van der Waals surface area contributed by atoms with Gasteiger partial charge in [-0.2, -0.15) is 0 Å². The van der Waals surface area contributed by atoms with Gasteiger partial charge >= 0.3 is 0 Å². The number of fused-ring (bicyclic) bond motifs is 3. The summed E-state index contributed by atoms with van der Waals surface area (Å²) in [6.07, 6.45) is 5.59. The third kappa shape index (κ3) is 1.70. The molecule has 2 fully saturated rings. The highest BCUT2D eigenvalue weighted by Crippen LogP contribution is 2.40. The third-order valence-corrected chi connectivity index (χ3v) is 4.47. The molecule has 0 radical (unpaired) electrons. The maximum atomic E-state index is 9.91. The first-order valence-corrected chi connectivity index (χ1v) is 6.99. The molecule has 0 amide bonds. The zero-order valence-corrected chi connectivity index (χ0v) is 10.7. The van der Waals surface area contributed by atoms with Gasteiger partial charge in [-0.15, -0.1) is 0 Å². The first-order valence-electron chi connectivity index (χ1n) is 6.99. The van der Waals surface area contributed by atoms with E-state index in [0.29, 0.717) is 12.1 Å². The van der Waals surface area contributed by atoms with E-state index in [4.69, 9.17) is 0 Å². The van der Waals surface area contributed by atoms with E-state index in [1.807, 2.05) is 18.2 Å². The quantitative estimate of drug-likeness (QED) is 0.848. The second kappa shape index (κ2) is 4.17. The summed E-state index contributed by atoms with van der Waals surface area (Å²) in [5, 5.41) is 11.0. The molecular formula is C15H17N3O. The lowest BCUT2D eigenvalue weighted by Crippen LogP contribution is -2.45. The van der Waals surface area contributed by atoms with Gasteiger partial charge in [0, 0.05) is 17.5 Å². The van der Waals surface area contributed by atoms with Gasteiger partial charge in [0.2, 0.25) is 0 Å². The average molecular weight is 255 g/mol. The second-order valence-corrected chi connectivity index (χ2v) is 5.63. The van der Waals surface area contributed by atoms with E-state index in [9.17, 15) is 5.11 Å². The van der Waals surface area contributed by atoms with Crippen molar-refractivity contribution in [3.8, 4) is 0 Å². The molecule has 4 rings (SSSR count). The van der Waals surface area contributed by atoms with Crippen molar-refractivity contribution in [2.24, 2.45) is 0 Å². The summed E-state index contributed by atoms with van der Waals surface area (Å²) < 4.78 is 0. The number of aromatic nitrogens is 2. The number of anilines is 1. The zero-order valence-electron chi connectivity index (χ0n) is 10.7. The summed E-state index contributed by atoms with van der Waals surface area (Å²) in [6, 6.07) is 9.04. The number of hydrogen-bond donors (Lipinski definition) is 1. The molecule has 19 heavy (non-hydrogen) atoms. The molecule has 2 bridgehead atoms. The monoisotopic (exact) mass is 255 g/mol. The van der Waals surface area contributed by atoms with Gasteiger partial charge in [-0.3, -0.25) is 0 Å². The molecule has 2 aliphatic rings. The van der Waals surface area contributed by atoms with Crippen LogP contribution in [-0.4, -0.2) is 33.3 Å². The van der Waals surface area contributed by atoms with Gasteiger partial charge in [0.05, 0.1) is 11.6 Å². The highest BCUT2D eigenvalue weighted by Gasteiger charge is 2.41. The Labute approximate surface area is 112 Å². The number of hydrogen-bond acceptors (Lipinski definition) is 4. The number of aliphatic hydroxyl groups excluding tert-OH is 1. The fraction of sp³-hybridized carbons (Fsp3) is 0.467. The Morgan fingerprint density at radius 3 is 2.58 bits per heavy atom. The van der Waals surface area contributed by atoms with Crippen molar-refractivity contribution in [2.45, 2.75) is 43.9 Å². The summed E-state index contributed by atoms with van der Waals surface area (Å²) in [5.74, 6) is 1.05. The van der Waals surface area contributed by atoms with Gasteiger partial charge < -0.3 is 10.0 Å². The van der Waals surface area contributed by atoms with Crippen LogP contribution in [0.25, 0.3) is 10.9 Å². The molecular weight excluding hydrogens is 238 g/mol. The molecule has 0 aliphatic carbocycles. The third-order valence-electron chi connectivity index (χ3n) is 4.47. The lowest BCUT2D eigenvalue weighted by atomic mass is 9.99. The standard InChI is InChI=1S/C15H17N3O/c19-12-7-10-5-6-11(8-12)18(10)15-13-3-1-2-4-14(13)16-9-17-15/h1-4,9-12,19H,5-8H2. The second-order valence-electron chi connectivity index (χ2n) is 5.63. The van der Waals surface area contributed by atoms with Crippen LogP contribution in [0.15, 0.2) is 30.6 Å². The van der Waals surface area contributed by atoms with Crippen molar-refractivity contribution in [2.75, 3.05) is 4.90 Å². The van der Waals surface area contributed by atoms with Crippen LogP contribution in [0.4, 0.5) is 5.82 Å². The van der Waals surface area contributed by atoms with Gasteiger partial charge in [-0.05, 0) is 37.8 Å². The zero-order chi connectivity index (χ0) is 12.8. The van der Waals surface area contributed by atoms with E-state index in [1.54, 1.807) is 6.33 Å². The number of para-hydroxylation sites is 1. The van der Waals surface area contributed by atoms with E-state index in [1.165, 1.54) is 12.8 Å². The normalized spacial score (nSPS) is 29.9. The molecule has 2 aromatic rings. The predicted molar refractivity (Wildman–Crippen MR) is 74.1 cm³/mol. The molecule has 2 aliphatic heterocycles. The van der Waals surface area contributed by atoms with Crippen molar-refractivity contribution >= 4 is 16.7 Å². The first-order chi connectivity index (χ1) is 9.33. The minimum Gasteiger partial charge on any atom is -0.393 e. The van der Waals surface area contributed by atoms with Crippen molar-refractivity contribution in [1.29, 1.82) is 0 Å². The highest BCUT2D eigenvalue weighted by atomic mass is 16.3. The summed E-state index contributed by atoms with van der Waals surface area (Å²) >= 11 is 0. The minimum absolute atomic E-state index is 0.137. The van der Waals surface area contributed by atoms with Crippen molar-refractivity contribution in [1.82, 2.24) is 9.97 Å². The Bertz CT molecular complexity index is 596. The molecule has 0 saturated carbocycles. The molecule has 4 nitrogen and oxygen atoms in total. The fourth-order valence-corrected chi connectivity index (χ4v) is 3.69. The van der Waals surface area contributed by atoms with Crippen LogP contribution in [-0.2, 0) is 0 Å². The summed E-state index contributed by atoms with van der Waals surface area (Å²) in [5.41, 5.74) is 0.998. The Morgan fingerprint density at radius 2 is 1.79 bits per heavy atom. The Hall–Kier alpha value is -1.68. The lowest BCUT2D eigenvalue weighted by molar-refractivity contribution is 0.126. The number of piperidine rings is 1. The number of benzene rings is 1. The van der Waals surface area contributed by atoms with E-state index in [-0.39, 0.29) is 6.10 Å². The molecule has 98 valence electrons. The summed E-state index contributed by atoms with van der Waals surface area (Å²) in [4.78, 5) is 11.3. The maximum Gasteiger partial charge on any atom is 0.140 e. The molecule has 2 saturated heterocycles. The number of nitrogens with zero attached hydrogens (tertiary/aromatic N) is 3. The van der Waals surface area contributed by atoms with Crippen LogP contribution in [0.3, 0.4) is 0 Å². The van der Waals surface area contributed by atoms with Crippen molar-refractivity contribution in [3.05, 3.63) is 30.6 Å².